The maximum atomic E-state index is 13.2. The summed E-state index contributed by atoms with van der Waals surface area (Å²) in [7, 11) is -2.00. The number of methoxy groups -OCH3 is 1. The van der Waals surface area contributed by atoms with Crippen LogP contribution >= 0.6 is 11.6 Å². The Balaban J connectivity index is 1.52. The zero-order chi connectivity index (χ0) is 28.3. The maximum absolute atomic E-state index is 13.2. The van der Waals surface area contributed by atoms with E-state index in [0.717, 1.165) is 80.7 Å². The largest absolute Gasteiger partial charge is 0.487 e. The number of hydrogen-bond acceptors (Lipinski definition) is 6. The van der Waals surface area contributed by atoms with Crippen LogP contribution in [0.25, 0.3) is 0 Å². The van der Waals surface area contributed by atoms with Gasteiger partial charge < -0.3 is 14.4 Å². The van der Waals surface area contributed by atoms with Crippen LogP contribution in [0.4, 0.5) is 5.69 Å². The average molecular weight is 589 g/mol. The van der Waals surface area contributed by atoms with Gasteiger partial charge in [0.05, 0.1) is 17.0 Å². The molecule has 1 N–H and O–H groups in total. The fourth-order valence-electron chi connectivity index (χ4n) is 6.40. The van der Waals surface area contributed by atoms with E-state index in [9.17, 15) is 13.2 Å². The van der Waals surface area contributed by atoms with Crippen LogP contribution in [0, 0.1) is 11.8 Å². The average Bonchev–Trinajstić information content (AvgIpc) is 2.94. The molecular formula is C31H41ClN2O5S. The molecule has 5 rings (SSSR count). The van der Waals surface area contributed by atoms with E-state index in [1.54, 1.807) is 32.2 Å². The Morgan fingerprint density at radius 2 is 1.82 bits per heavy atom. The minimum atomic E-state index is -3.80. The number of anilines is 1. The lowest BCUT2D eigenvalue weighted by atomic mass is 9.69. The fraction of sp³-hybridized carbons (Fsp3) is 0.581. The molecule has 3 aliphatic rings. The van der Waals surface area contributed by atoms with Crippen molar-refractivity contribution in [2.45, 2.75) is 82.7 Å². The number of carbonyl (C=O) groups is 1. The first-order valence-corrected chi connectivity index (χ1v) is 16.6. The topological polar surface area (TPSA) is 84.9 Å². The highest BCUT2D eigenvalue weighted by molar-refractivity contribution is 7.90. The second-order valence-corrected chi connectivity index (χ2v) is 14.2. The van der Waals surface area contributed by atoms with Crippen LogP contribution in [-0.4, -0.2) is 45.9 Å². The summed E-state index contributed by atoms with van der Waals surface area (Å²) in [5, 5.41) is 0.0683. The zero-order valence-corrected chi connectivity index (χ0v) is 25.1. The first kappa shape index (κ1) is 29.2. The third kappa shape index (κ3) is 6.60. The van der Waals surface area contributed by atoms with Gasteiger partial charge in [-0.2, -0.15) is 0 Å². The Kier molecular flexibility index (Phi) is 9.28. The maximum Gasteiger partial charge on any atom is 0.264 e. The predicted molar refractivity (Wildman–Crippen MR) is 159 cm³/mol. The number of benzene rings is 2. The number of ether oxygens (including phenoxy) is 2. The Labute approximate surface area is 243 Å². The molecule has 218 valence electrons. The second-order valence-electron chi connectivity index (χ2n) is 11.6. The molecule has 0 aromatic heterocycles. The number of nitrogens with one attached hydrogen (secondary N) is 1. The van der Waals surface area contributed by atoms with E-state index in [0.29, 0.717) is 36.2 Å². The third-order valence-corrected chi connectivity index (χ3v) is 11.1. The molecule has 2 heterocycles. The van der Waals surface area contributed by atoms with Crippen LogP contribution < -0.4 is 14.4 Å². The molecule has 9 heteroatoms. The molecule has 1 fully saturated rings. The molecule has 0 unspecified atom stereocenters. The molecule has 2 aliphatic heterocycles. The summed E-state index contributed by atoms with van der Waals surface area (Å²) in [6, 6.07) is 11.2. The van der Waals surface area contributed by atoms with Crippen LogP contribution in [-0.2, 0) is 27.8 Å². The highest BCUT2D eigenvalue weighted by Crippen LogP contribution is 2.42. The lowest BCUT2D eigenvalue weighted by Gasteiger charge is -2.44. The molecule has 7 nitrogen and oxygen atoms in total. The molecule has 2 aromatic carbocycles. The van der Waals surface area contributed by atoms with E-state index in [1.165, 1.54) is 5.56 Å². The summed E-state index contributed by atoms with van der Waals surface area (Å²) in [4.78, 5) is 15.6. The van der Waals surface area contributed by atoms with Gasteiger partial charge in [0, 0.05) is 30.8 Å². The van der Waals surface area contributed by atoms with Crippen molar-refractivity contribution >= 4 is 33.2 Å². The molecule has 1 amide bonds. The first-order valence-electron chi connectivity index (χ1n) is 14.6. The number of sulfonamides is 1. The van der Waals surface area contributed by atoms with Crippen molar-refractivity contribution in [2.75, 3.05) is 25.1 Å². The minimum Gasteiger partial charge on any atom is -0.487 e. The van der Waals surface area contributed by atoms with Crippen molar-refractivity contribution in [3.8, 4) is 5.75 Å². The second kappa shape index (κ2) is 12.7. The van der Waals surface area contributed by atoms with Gasteiger partial charge in [-0.15, -0.1) is 0 Å². The molecule has 2 aromatic rings. The molecule has 1 saturated carbocycles. The number of aryl methyl sites for hydroxylation is 1. The Hall–Kier alpha value is -2.29. The molecule has 2 bridgehead atoms. The lowest BCUT2D eigenvalue weighted by molar-refractivity contribution is -0.0218. The van der Waals surface area contributed by atoms with Crippen LogP contribution in [0.2, 0.25) is 5.02 Å². The Morgan fingerprint density at radius 1 is 1.00 bits per heavy atom. The van der Waals surface area contributed by atoms with Crippen LogP contribution in [0.5, 0.6) is 5.75 Å². The normalized spacial score (nSPS) is 27.6. The highest BCUT2D eigenvalue weighted by atomic mass is 35.5. The zero-order valence-electron chi connectivity index (χ0n) is 23.5. The summed E-state index contributed by atoms with van der Waals surface area (Å²) in [5.41, 5.74) is 3.45. The highest BCUT2D eigenvalue weighted by Gasteiger charge is 2.38. The number of rotatable bonds is 1. The number of fused-ring (bicyclic) bond motifs is 3. The monoisotopic (exact) mass is 588 g/mol. The van der Waals surface area contributed by atoms with Crippen molar-refractivity contribution in [1.29, 1.82) is 0 Å². The SMILES string of the molecule is CO[C@H]1CCCC[C@@H](C)S(=O)(=O)NC(=O)c2ccc3c(c2)N(CCCCc2cc(Cl)ccc2CO3)C[C@@H]2CC[C@H]21. The summed E-state index contributed by atoms with van der Waals surface area (Å²) >= 11 is 6.31. The van der Waals surface area contributed by atoms with Crippen molar-refractivity contribution in [1.82, 2.24) is 4.72 Å². The summed E-state index contributed by atoms with van der Waals surface area (Å²) in [6.07, 6.45) is 8.47. The van der Waals surface area contributed by atoms with E-state index < -0.39 is 21.2 Å². The summed E-state index contributed by atoms with van der Waals surface area (Å²) in [5.74, 6) is 1.05. The molecule has 0 saturated heterocycles. The molecule has 4 atom stereocenters. The van der Waals surface area contributed by atoms with Gasteiger partial charge in [0.25, 0.3) is 5.91 Å². The van der Waals surface area contributed by atoms with E-state index in [2.05, 4.69) is 9.62 Å². The van der Waals surface area contributed by atoms with Crippen LogP contribution in [0.1, 0.15) is 79.8 Å². The van der Waals surface area contributed by atoms with E-state index in [-0.39, 0.29) is 6.10 Å². The first-order chi connectivity index (χ1) is 19.2. The number of nitrogens with zero attached hydrogens (tertiary/aromatic N) is 1. The van der Waals surface area contributed by atoms with Crippen molar-refractivity contribution in [3.05, 3.63) is 58.1 Å². The van der Waals surface area contributed by atoms with Gasteiger partial charge in [-0.3, -0.25) is 4.79 Å². The molecule has 0 radical (unpaired) electrons. The predicted octanol–water partition coefficient (Wildman–Crippen LogP) is 6.13. The lowest BCUT2D eigenvalue weighted by Crippen LogP contribution is -2.44. The van der Waals surface area contributed by atoms with Crippen molar-refractivity contribution < 1.29 is 22.7 Å². The van der Waals surface area contributed by atoms with Gasteiger partial charge in [-0.05, 0) is 105 Å². The number of hydrogen-bond donors (Lipinski definition) is 1. The van der Waals surface area contributed by atoms with Crippen LogP contribution in [0.15, 0.2) is 36.4 Å². The molecular weight excluding hydrogens is 548 g/mol. The number of carbonyl (C=O) groups excluding carboxylic acids is 1. The van der Waals surface area contributed by atoms with E-state index >= 15 is 0 Å². The third-order valence-electron chi connectivity index (χ3n) is 9.06. The van der Waals surface area contributed by atoms with Crippen molar-refractivity contribution in [3.63, 3.8) is 0 Å². The van der Waals surface area contributed by atoms with Gasteiger partial charge in [-0.1, -0.05) is 30.5 Å². The smallest absolute Gasteiger partial charge is 0.264 e. The van der Waals surface area contributed by atoms with Gasteiger partial charge in [-0.25, -0.2) is 13.1 Å². The van der Waals surface area contributed by atoms with E-state index in [1.807, 2.05) is 18.2 Å². The van der Waals surface area contributed by atoms with Gasteiger partial charge in [0.2, 0.25) is 10.0 Å². The number of halogens is 1. The van der Waals surface area contributed by atoms with Crippen molar-refractivity contribution in [2.24, 2.45) is 11.8 Å². The fourth-order valence-corrected chi connectivity index (χ4v) is 7.65. The van der Waals surface area contributed by atoms with E-state index in [4.69, 9.17) is 21.1 Å². The Bertz CT molecular complexity index is 1320. The van der Waals surface area contributed by atoms with Gasteiger partial charge in [0.1, 0.15) is 12.4 Å². The van der Waals surface area contributed by atoms with Crippen LogP contribution in [0.3, 0.4) is 0 Å². The number of amides is 1. The molecule has 40 heavy (non-hydrogen) atoms. The van der Waals surface area contributed by atoms with Gasteiger partial charge in [0.15, 0.2) is 0 Å². The molecule has 1 aliphatic carbocycles. The minimum absolute atomic E-state index is 0.170. The standard InChI is InChI=1S/C31H41ClN2O5S/c1-21-7-3-4-9-29(38-2)27-14-11-24(27)19-34-16-6-5-8-22-17-26(32)13-10-25(22)20-39-30-15-12-23(18-28(30)34)31(35)33-40(21,36)37/h10,12-13,15,17-18,21,24,27,29H,3-9,11,14,16,19-20H2,1-2H3,(H,33,35)/t21-,24+,27-,29+/m1/s1. The summed E-state index contributed by atoms with van der Waals surface area (Å²) in [6.45, 7) is 3.72. The Morgan fingerprint density at radius 3 is 2.60 bits per heavy atom. The summed E-state index contributed by atoms with van der Waals surface area (Å²) < 4.78 is 40.7. The molecule has 0 spiro atoms. The quantitative estimate of drug-likeness (QED) is 0.432. The van der Waals surface area contributed by atoms with Gasteiger partial charge >= 0.3 is 0 Å².